The van der Waals surface area contributed by atoms with E-state index in [0.29, 0.717) is 12.5 Å². The third-order valence-corrected chi connectivity index (χ3v) is 4.88. The lowest BCUT2D eigenvalue weighted by molar-refractivity contribution is -0.121. The van der Waals surface area contributed by atoms with Crippen molar-refractivity contribution in [2.24, 2.45) is 0 Å². The van der Waals surface area contributed by atoms with Crippen LogP contribution in [0.15, 0.2) is 24.3 Å². The van der Waals surface area contributed by atoms with E-state index in [1.165, 1.54) is 24.0 Å². The molecule has 0 aliphatic heterocycles. The van der Waals surface area contributed by atoms with E-state index in [-0.39, 0.29) is 5.91 Å². The number of para-hydroxylation sites is 1. The molecule has 3 nitrogen and oxygen atoms in total. The van der Waals surface area contributed by atoms with Crippen molar-refractivity contribution in [2.45, 2.75) is 64.8 Å². The highest BCUT2D eigenvalue weighted by Crippen LogP contribution is 2.22. The van der Waals surface area contributed by atoms with Gasteiger partial charge in [-0.05, 0) is 38.3 Å². The predicted octanol–water partition coefficient (Wildman–Crippen LogP) is 4.70. The third-order valence-electron chi connectivity index (χ3n) is 3.78. The first-order valence-corrected chi connectivity index (χ1v) is 9.14. The molecule has 1 aromatic heterocycles. The topological polar surface area (TPSA) is 42.0 Å². The molecule has 2 aromatic rings. The molecule has 1 unspecified atom stereocenters. The lowest BCUT2D eigenvalue weighted by atomic mass is 10.1. The molecule has 0 aliphatic rings. The highest BCUT2D eigenvalue weighted by molar-refractivity contribution is 7.18. The molecule has 1 amide bonds. The van der Waals surface area contributed by atoms with E-state index in [0.717, 1.165) is 29.8 Å². The first-order chi connectivity index (χ1) is 10.7. The minimum atomic E-state index is 0.171. The molecule has 0 bridgehead atoms. The van der Waals surface area contributed by atoms with Gasteiger partial charge in [-0.3, -0.25) is 4.79 Å². The van der Waals surface area contributed by atoms with Crippen molar-refractivity contribution in [3.8, 4) is 0 Å². The summed E-state index contributed by atoms with van der Waals surface area (Å²) in [5, 5.41) is 4.23. The molecule has 1 aromatic carbocycles. The number of thiazole rings is 1. The summed E-state index contributed by atoms with van der Waals surface area (Å²) in [5.74, 6) is 0.171. The van der Waals surface area contributed by atoms with Crippen molar-refractivity contribution in [1.29, 1.82) is 0 Å². The van der Waals surface area contributed by atoms with Crippen LogP contribution in [-0.4, -0.2) is 16.9 Å². The van der Waals surface area contributed by atoms with Crippen molar-refractivity contribution < 1.29 is 4.79 Å². The molecule has 1 atom stereocenters. The molecule has 1 heterocycles. The Bertz CT molecular complexity index is 561. The molecule has 0 radical (unpaired) electrons. The average Bonchev–Trinajstić information content (AvgIpc) is 2.90. The number of nitrogens with one attached hydrogen (secondary N) is 1. The fourth-order valence-corrected chi connectivity index (χ4v) is 3.56. The van der Waals surface area contributed by atoms with E-state index in [4.69, 9.17) is 0 Å². The molecule has 0 saturated heterocycles. The zero-order chi connectivity index (χ0) is 15.8. The average molecular weight is 318 g/mol. The quantitative estimate of drug-likeness (QED) is 0.681. The van der Waals surface area contributed by atoms with Gasteiger partial charge in [-0.15, -0.1) is 11.3 Å². The predicted molar refractivity (Wildman–Crippen MR) is 94.3 cm³/mol. The van der Waals surface area contributed by atoms with Gasteiger partial charge in [0.15, 0.2) is 0 Å². The molecule has 0 saturated carbocycles. The number of rotatable bonds is 9. The Labute approximate surface area is 137 Å². The Morgan fingerprint density at radius 3 is 2.86 bits per heavy atom. The van der Waals surface area contributed by atoms with E-state index in [1.807, 2.05) is 18.2 Å². The van der Waals surface area contributed by atoms with Crippen LogP contribution in [0.3, 0.4) is 0 Å². The van der Waals surface area contributed by atoms with Crippen molar-refractivity contribution in [1.82, 2.24) is 10.3 Å². The number of benzene rings is 1. The molecular formula is C18H26N2OS. The summed E-state index contributed by atoms with van der Waals surface area (Å²) in [7, 11) is 0. The number of aromatic nitrogens is 1. The molecule has 0 spiro atoms. The zero-order valence-corrected chi connectivity index (χ0v) is 14.4. The Morgan fingerprint density at radius 2 is 2.09 bits per heavy atom. The van der Waals surface area contributed by atoms with E-state index in [9.17, 15) is 4.79 Å². The van der Waals surface area contributed by atoms with Crippen LogP contribution in [-0.2, 0) is 11.2 Å². The maximum absolute atomic E-state index is 11.9. The molecule has 0 aliphatic carbocycles. The molecule has 1 N–H and O–H groups in total. The van der Waals surface area contributed by atoms with Crippen molar-refractivity contribution >= 4 is 27.5 Å². The summed E-state index contributed by atoms with van der Waals surface area (Å²) in [6, 6.07) is 8.49. The summed E-state index contributed by atoms with van der Waals surface area (Å²) in [6.07, 6.45) is 7.10. The van der Waals surface area contributed by atoms with Gasteiger partial charge in [0, 0.05) is 12.5 Å². The van der Waals surface area contributed by atoms with E-state index >= 15 is 0 Å². The summed E-state index contributed by atoms with van der Waals surface area (Å²) >= 11 is 1.73. The fraction of sp³-hybridized carbons (Fsp3) is 0.556. The Morgan fingerprint density at radius 1 is 1.27 bits per heavy atom. The number of hydrogen-bond acceptors (Lipinski definition) is 3. The lowest BCUT2D eigenvalue weighted by Gasteiger charge is -2.13. The van der Waals surface area contributed by atoms with Crippen molar-refractivity contribution in [2.75, 3.05) is 0 Å². The van der Waals surface area contributed by atoms with Gasteiger partial charge in [0.2, 0.25) is 5.91 Å². The van der Waals surface area contributed by atoms with Crippen LogP contribution < -0.4 is 5.32 Å². The summed E-state index contributed by atoms with van der Waals surface area (Å²) in [6.45, 7) is 4.30. The van der Waals surface area contributed by atoms with Crippen LogP contribution in [0.1, 0.15) is 57.4 Å². The van der Waals surface area contributed by atoms with Gasteiger partial charge >= 0.3 is 0 Å². The van der Waals surface area contributed by atoms with Crippen LogP contribution in [0.4, 0.5) is 0 Å². The van der Waals surface area contributed by atoms with Gasteiger partial charge in [-0.1, -0.05) is 38.3 Å². The largest absolute Gasteiger partial charge is 0.354 e. The van der Waals surface area contributed by atoms with Gasteiger partial charge in [-0.2, -0.15) is 0 Å². The molecule has 2 rings (SSSR count). The van der Waals surface area contributed by atoms with Crippen LogP contribution in [0.2, 0.25) is 0 Å². The monoisotopic (exact) mass is 318 g/mol. The highest BCUT2D eigenvalue weighted by Gasteiger charge is 2.08. The van der Waals surface area contributed by atoms with Gasteiger partial charge in [0.25, 0.3) is 0 Å². The normalized spacial score (nSPS) is 12.5. The lowest BCUT2D eigenvalue weighted by Crippen LogP contribution is -2.32. The number of amides is 1. The third kappa shape index (κ3) is 5.41. The maximum atomic E-state index is 11.9. The Balaban J connectivity index is 1.68. The number of carbonyl (C=O) groups is 1. The highest BCUT2D eigenvalue weighted by atomic mass is 32.1. The number of fused-ring (bicyclic) bond motifs is 1. The van der Waals surface area contributed by atoms with Gasteiger partial charge < -0.3 is 5.32 Å². The first kappa shape index (κ1) is 16.9. The smallest absolute Gasteiger partial charge is 0.220 e. The molecule has 22 heavy (non-hydrogen) atoms. The molecular weight excluding hydrogens is 292 g/mol. The van der Waals surface area contributed by atoms with Crippen LogP contribution in [0.5, 0.6) is 0 Å². The number of carbonyl (C=O) groups excluding carboxylic acids is 1. The SMILES string of the molecule is CCCCCC(C)NC(=O)CCCc1nc2ccccc2s1. The molecule has 4 heteroatoms. The number of aryl methyl sites for hydroxylation is 1. The number of unbranched alkanes of at least 4 members (excludes halogenated alkanes) is 2. The summed E-state index contributed by atoms with van der Waals surface area (Å²) < 4.78 is 1.23. The minimum Gasteiger partial charge on any atom is -0.354 e. The van der Waals surface area contributed by atoms with Gasteiger partial charge in [0.05, 0.1) is 15.2 Å². The van der Waals surface area contributed by atoms with Crippen molar-refractivity contribution in [3.05, 3.63) is 29.3 Å². The number of hydrogen-bond donors (Lipinski definition) is 1. The first-order valence-electron chi connectivity index (χ1n) is 8.33. The van der Waals surface area contributed by atoms with Gasteiger partial charge in [-0.25, -0.2) is 4.98 Å². The number of nitrogens with zero attached hydrogens (tertiary/aromatic N) is 1. The van der Waals surface area contributed by atoms with E-state index in [1.54, 1.807) is 11.3 Å². The van der Waals surface area contributed by atoms with Gasteiger partial charge in [0.1, 0.15) is 0 Å². The zero-order valence-electron chi connectivity index (χ0n) is 13.6. The standard InChI is InChI=1S/C18H26N2OS/c1-3-4-5-9-14(2)19-17(21)12-8-13-18-20-15-10-6-7-11-16(15)22-18/h6-7,10-11,14H,3-5,8-9,12-13H2,1-2H3,(H,19,21). The van der Waals surface area contributed by atoms with E-state index < -0.39 is 0 Å². The van der Waals surface area contributed by atoms with Crippen LogP contribution in [0.25, 0.3) is 10.2 Å². The second-order valence-electron chi connectivity index (χ2n) is 5.89. The van der Waals surface area contributed by atoms with E-state index in [2.05, 4.69) is 30.2 Å². The van der Waals surface area contributed by atoms with Crippen molar-refractivity contribution in [3.63, 3.8) is 0 Å². The second kappa shape index (κ2) is 8.89. The minimum absolute atomic E-state index is 0.171. The fourth-order valence-electron chi connectivity index (χ4n) is 2.55. The Hall–Kier alpha value is -1.42. The molecule has 0 fully saturated rings. The Kier molecular flexibility index (Phi) is 6.84. The van der Waals surface area contributed by atoms with Crippen LogP contribution in [0, 0.1) is 0 Å². The molecule has 120 valence electrons. The second-order valence-corrected chi connectivity index (χ2v) is 7.01. The summed E-state index contributed by atoms with van der Waals surface area (Å²) in [4.78, 5) is 16.5. The maximum Gasteiger partial charge on any atom is 0.220 e. The van der Waals surface area contributed by atoms with Crippen LogP contribution >= 0.6 is 11.3 Å². The summed E-state index contributed by atoms with van der Waals surface area (Å²) in [5.41, 5.74) is 1.07.